The molecule has 0 atom stereocenters. The Bertz CT molecular complexity index is 778. The number of piperidine rings is 1. The van der Waals surface area contributed by atoms with E-state index in [0.29, 0.717) is 0 Å². The van der Waals surface area contributed by atoms with Gasteiger partial charge < -0.3 is 14.5 Å². The second-order valence-corrected chi connectivity index (χ2v) is 8.27. The highest BCUT2D eigenvalue weighted by atomic mass is 16.6. The Balaban J connectivity index is 1.34. The largest absolute Gasteiger partial charge is 0.444 e. The summed E-state index contributed by atoms with van der Waals surface area (Å²) in [5.41, 5.74) is 1.80. The number of fused-ring (bicyclic) bond motifs is 1. The van der Waals surface area contributed by atoms with Crippen LogP contribution < -0.4 is 4.90 Å². The van der Waals surface area contributed by atoms with Crippen molar-refractivity contribution in [3.63, 3.8) is 0 Å². The third-order valence-electron chi connectivity index (χ3n) is 5.13. The summed E-state index contributed by atoms with van der Waals surface area (Å²) in [7, 11) is 0. The molecular formula is C18H25N5O2. The number of rotatable bonds is 1. The van der Waals surface area contributed by atoms with Gasteiger partial charge in [-0.3, -0.25) is 0 Å². The Kier molecular flexibility index (Phi) is 3.63. The number of hydrogen-bond acceptors (Lipinski definition) is 5. The predicted molar refractivity (Wildman–Crippen MR) is 94.7 cm³/mol. The number of hydrogen-bond donors (Lipinski definition) is 0. The molecule has 1 amide bonds. The van der Waals surface area contributed by atoms with Gasteiger partial charge in [-0.1, -0.05) is 0 Å². The Labute approximate surface area is 147 Å². The number of amides is 1. The second-order valence-electron chi connectivity index (χ2n) is 8.27. The van der Waals surface area contributed by atoms with Crippen LogP contribution in [0.25, 0.3) is 5.65 Å². The summed E-state index contributed by atoms with van der Waals surface area (Å²) in [5.74, 6) is 0. The van der Waals surface area contributed by atoms with E-state index in [1.807, 2.05) is 48.6 Å². The molecule has 2 aliphatic rings. The van der Waals surface area contributed by atoms with Gasteiger partial charge in [-0.15, -0.1) is 0 Å². The van der Waals surface area contributed by atoms with E-state index in [2.05, 4.69) is 15.0 Å². The van der Waals surface area contributed by atoms with Crippen molar-refractivity contribution in [1.29, 1.82) is 0 Å². The van der Waals surface area contributed by atoms with Crippen molar-refractivity contribution in [1.82, 2.24) is 19.5 Å². The maximum Gasteiger partial charge on any atom is 0.410 e. The molecular weight excluding hydrogens is 318 g/mol. The summed E-state index contributed by atoms with van der Waals surface area (Å²) in [5, 5.41) is 4.26. The number of ether oxygens (including phenoxy) is 1. The molecule has 2 aliphatic heterocycles. The standard InChI is InChI=1S/C18H25N5O2/c1-17(2,3)25-16(24)22-12-18(13-22)5-8-21(9-6-18)14-10-19-15-4-7-20-23(15)11-14/h4,7,10-11H,5-6,8-9,12-13H2,1-3H3. The molecule has 25 heavy (non-hydrogen) atoms. The second kappa shape index (κ2) is 5.61. The third-order valence-corrected chi connectivity index (χ3v) is 5.13. The molecule has 2 saturated heterocycles. The number of anilines is 1. The zero-order chi connectivity index (χ0) is 17.7. The Hall–Kier alpha value is -2.31. The molecule has 0 unspecified atom stereocenters. The molecule has 2 fully saturated rings. The summed E-state index contributed by atoms with van der Waals surface area (Å²) >= 11 is 0. The minimum absolute atomic E-state index is 0.186. The summed E-state index contributed by atoms with van der Waals surface area (Å²) in [6.07, 6.45) is 7.70. The van der Waals surface area contributed by atoms with Gasteiger partial charge in [0.15, 0.2) is 5.65 Å². The van der Waals surface area contributed by atoms with E-state index >= 15 is 0 Å². The highest BCUT2D eigenvalue weighted by Gasteiger charge is 2.47. The first kappa shape index (κ1) is 16.2. The van der Waals surface area contributed by atoms with Crippen LogP contribution in [-0.2, 0) is 4.74 Å². The van der Waals surface area contributed by atoms with Crippen molar-refractivity contribution < 1.29 is 9.53 Å². The molecule has 0 N–H and O–H groups in total. The van der Waals surface area contributed by atoms with Gasteiger partial charge in [0.1, 0.15) is 5.60 Å². The highest BCUT2D eigenvalue weighted by Crippen LogP contribution is 2.41. The first-order valence-electron chi connectivity index (χ1n) is 8.86. The molecule has 4 heterocycles. The lowest BCUT2D eigenvalue weighted by atomic mass is 9.72. The molecule has 0 radical (unpaired) electrons. The van der Waals surface area contributed by atoms with Gasteiger partial charge in [0.2, 0.25) is 0 Å². The lowest BCUT2D eigenvalue weighted by Gasteiger charge is -2.53. The van der Waals surface area contributed by atoms with Crippen LogP contribution in [0.15, 0.2) is 24.7 Å². The molecule has 1 spiro atoms. The Morgan fingerprint density at radius 3 is 2.64 bits per heavy atom. The number of carbonyl (C=O) groups is 1. The number of likely N-dealkylation sites (tertiary alicyclic amines) is 1. The molecule has 0 saturated carbocycles. The SMILES string of the molecule is CC(C)(C)OC(=O)N1CC2(CCN(c3cnc4ccnn4c3)CC2)C1. The topological polar surface area (TPSA) is 63.0 Å². The quantitative estimate of drug-likeness (QED) is 0.796. The van der Waals surface area contributed by atoms with E-state index in [-0.39, 0.29) is 11.5 Å². The van der Waals surface area contributed by atoms with Crippen LogP contribution in [-0.4, -0.2) is 57.4 Å². The van der Waals surface area contributed by atoms with Gasteiger partial charge in [-0.25, -0.2) is 14.3 Å². The van der Waals surface area contributed by atoms with Crippen LogP contribution in [0.1, 0.15) is 33.6 Å². The number of nitrogens with zero attached hydrogens (tertiary/aromatic N) is 5. The first-order valence-corrected chi connectivity index (χ1v) is 8.86. The zero-order valence-electron chi connectivity index (χ0n) is 15.1. The maximum absolute atomic E-state index is 12.1. The zero-order valence-corrected chi connectivity index (χ0v) is 15.1. The van der Waals surface area contributed by atoms with E-state index in [0.717, 1.165) is 50.4 Å². The van der Waals surface area contributed by atoms with E-state index in [4.69, 9.17) is 4.74 Å². The van der Waals surface area contributed by atoms with E-state index in [9.17, 15) is 4.79 Å². The van der Waals surface area contributed by atoms with Gasteiger partial charge in [0.05, 0.1) is 24.3 Å². The lowest BCUT2D eigenvalue weighted by Crippen LogP contribution is -2.62. The van der Waals surface area contributed by atoms with Crippen LogP contribution in [0.4, 0.5) is 10.5 Å². The van der Waals surface area contributed by atoms with Crippen molar-refractivity contribution >= 4 is 17.4 Å². The van der Waals surface area contributed by atoms with Crippen molar-refractivity contribution in [3.8, 4) is 0 Å². The van der Waals surface area contributed by atoms with Crippen LogP contribution in [0.3, 0.4) is 0 Å². The molecule has 2 aromatic rings. The average Bonchev–Trinajstić information content (AvgIpc) is 2.98. The van der Waals surface area contributed by atoms with Gasteiger partial charge in [-0.05, 0) is 33.6 Å². The molecule has 7 nitrogen and oxygen atoms in total. The molecule has 134 valence electrons. The van der Waals surface area contributed by atoms with Crippen molar-refractivity contribution in [2.45, 2.75) is 39.2 Å². The minimum atomic E-state index is -0.429. The summed E-state index contributed by atoms with van der Waals surface area (Å²) in [6.45, 7) is 9.31. The fourth-order valence-electron chi connectivity index (χ4n) is 3.74. The van der Waals surface area contributed by atoms with E-state index in [1.54, 1.807) is 6.20 Å². The predicted octanol–water partition coefficient (Wildman–Crippen LogP) is 2.57. The van der Waals surface area contributed by atoms with Crippen LogP contribution >= 0.6 is 0 Å². The molecule has 4 rings (SSSR count). The normalized spacial score (nSPS) is 20.0. The highest BCUT2D eigenvalue weighted by molar-refractivity contribution is 5.69. The fraction of sp³-hybridized carbons (Fsp3) is 0.611. The molecule has 0 bridgehead atoms. The summed E-state index contributed by atoms with van der Waals surface area (Å²) < 4.78 is 7.27. The molecule has 0 aromatic carbocycles. The average molecular weight is 343 g/mol. The summed E-state index contributed by atoms with van der Waals surface area (Å²) in [4.78, 5) is 20.8. The monoisotopic (exact) mass is 343 g/mol. The Morgan fingerprint density at radius 2 is 1.96 bits per heavy atom. The van der Waals surface area contributed by atoms with Crippen molar-refractivity contribution in [2.75, 3.05) is 31.1 Å². The van der Waals surface area contributed by atoms with E-state index in [1.165, 1.54) is 0 Å². The first-order chi connectivity index (χ1) is 11.8. The van der Waals surface area contributed by atoms with Crippen LogP contribution in [0.2, 0.25) is 0 Å². The molecule has 0 aliphatic carbocycles. The minimum Gasteiger partial charge on any atom is -0.444 e. The van der Waals surface area contributed by atoms with Crippen LogP contribution in [0.5, 0.6) is 0 Å². The van der Waals surface area contributed by atoms with Crippen molar-refractivity contribution in [3.05, 3.63) is 24.7 Å². The van der Waals surface area contributed by atoms with E-state index < -0.39 is 5.60 Å². The molecule has 2 aromatic heterocycles. The maximum atomic E-state index is 12.1. The smallest absolute Gasteiger partial charge is 0.410 e. The van der Waals surface area contributed by atoms with Crippen LogP contribution in [0, 0.1) is 5.41 Å². The fourth-order valence-corrected chi connectivity index (χ4v) is 3.74. The number of carbonyl (C=O) groups excluding carboxylic acids is 1. The van der Waals surface area contributed by atoms with Gasteiger partial charge in [0, 0.05) is 37.7 Å². The van der Waals surface area contributed by atoms with Gasteiger partial charge in [-0.2, -0.15) is 5.10 Å². The van der Waals surface area contributed by atoms with Gasteiger partial charge in [0.25, 0.3) is 0 Å². The Morgan fingerprint density at radius 1 is 1.24 bits per heavy atom. The van der Waals surface area contributed by atoms with Crippen molar-refractivity contribution in [2.24, 2.45) is 5.41 Å². The molecule has 7 heteroatoms. The lowest BCUT2D eigenvalue weighted by molar-refractivity contribution is -0.0434. The van der Waals surface area contributed by atoms with Gasteiger partial charge >= 0.3 is 6.09 Å². The third kappa shape index (κ3) is 3.15. The summed E-state index contributed by atoms with van der Waals surface area (Å²) in [6, 6.07) is 1.90. The number of aromatic nitrogens is 3.